The fourth-order valence-corrected chi connectivity index (χ4v) is 1.51. The Morgan fingerprint density at radius 2 is 1.94 bits per heavy atom. The van der Waals surface area contributed by atoms with Crippen molar-refractivity contribution in [2.24, 2.45) is 0 Å². The SMILES string of the molecule is CC(C)c1ccc(-c2cc(C=O)no2)cc1. The number of hydrogen-bond acceptors (Lipinski definition) is 3. The van der Waals surface area contributed by atoms with Gasteiger partial charge in [0.2, 0.25) is 0 Å². The van der Waals surface area contributed by atoms with Crippen LogP contribution in [-0.2, 0) is 0 Å². The molecule has 0 bridgehead atoms. The van der Waals surface area contributed by atoms with Crippen LogP contribution in [0.1, 0.15) is 35.8 Å². The Labute approximate surface area is 94.1 Å². The lowest BCUT2D eigenvalue weighted by Gasteiger charge is -2.04. The zero-order valence-electron chi connectivity index (χ0n) is 9.31. The molecule has 0 amide bonds. The van der Waals surface area contributed by atoms with Crippen LogP contribution < -0.4 is 0 Å². The smallest absolute Gasteiger partial charge is 0.171 e. The van der Waals surface area contributed by atoms with Gasteiger partial charge >= 0.3 is 0 Å². The van der Waals surface area contributed by atoms with Gasteiger partial charge in [-0.15, -0.1) is 0 Å². The number of rotatable bonds is 3. The third kappa shape index (κ3) is 2.03. The quantitative estimate of drug-likeness (QED) is 0.738. The first-order valence-electron chi connectivity index (χ1n) is 5.23. The normalized spacial score (nSPS) is 10.7. The summed E-state index contributed by atoms with van der Waals surface area (Å²) in [5.41, 5.74) is 2.53. The molecule has 0 saturated carbocycles. The molecule has 0 unspecified atom stereocenters. The minimum absolute atomic E-state index is 0.322. The molecule has 0 fully saturated rings. The van der Waals surface area contributed by atoms with Crippen molar-refractivity contribution in [3.8, 4) is 11.3 Å². The summed E-state index contributed by atoms with van der Waals surface area (Å²) >= 11 is 0. The Kier molecular flexibility index (Phi) is 2.86. The lowest BCUT2D eigenvalue weighted by Crippen LogP contribution is -1.85. The predicted octanol–water partition coefficient (Wildman–Crippen LogP) is 3.28. The molecular weight excluding hydrogens is 202 g/mol. The van der Waals surface area contributed by atoms with Crippen LogP contribution in [0.25, 0.3) is 11.3 Å². The first kappa shape index (κ1) is 10.6. The lowest BCUT2D eigenvalue weighted by atomic mass is 10.0. The average Bonchev–Trinajstić information content (AvgIpc) is 2.77. The van der Waals surface area contributed by atoms with Crippen molar-refractivity contribution >= 4 is 6.29 Å². The Morgan fingerprint density at radius 1 is 1.25 bits per heavy atom. The van der Waals surface area contributed by atoms with E-state index in [0.29, 0.717) is 23.7 Å². The third-order valence-electron chi connectivity index (χ3n) is 2.51. The van der Waals surface area contributed by atoms with Crippen molar-refractivity contribution in [2.75, 3.05) is 0 Å². The molecule has 2 rings (SSSR count). The zero-order chi connectivity index (χ0) is 11.5. The van der Waals surface area contributed by atoms with E-state index in [0.717, 1.165) is 5.56 Å². The van der Waals surface area contributed by atoms with Crippen LogP contribution in [0.4, 0.5) is 0 Å². The van der Waals surface area contributed by atoms with E-state index in [4.69, 9.17) is 4.52 Å². The highest BCUT2D eigenvalue weighted by molar-refractivity contribution is 5.74. The molecule has 0 aliphatic carbocycles. The van der Waals surface area contributed by atoms with Gasteiger partial charge in [-0.1, -0.05) is 43.3 Å². The molecule has 2 aromatic rings. The number of benzene rings is 1. The summed E-state index contributed by atoms with van der Waals surface area (Å²) in [7, 11) is 0. The molecule has 0 saturated heterocycles. The molecular formula is C13H13NO2. The van der Waals surface area contributed by atoms with Gasteiger partial charge < -0.3 is 4.52 Å². The lowest BCUT2D eigenvalue weighted by molar-refractivity contribution is 0.111. The van der Waals surface area contributed by atoms with Crippen LogP contribution >= 0.6 is 0 Å². The molecule has 1 heterocycles. The highest BCUT2D eigenvalue weighted by Crippen LogP contribution is 2.22. The Bertz CT molecular complexity index is 483. The van der Waals surface area contributed by atoms with E-state index in [-0.39, 0.29) is 0 Å². The zero-order valence-corrected chi connectivity index (χ0v) is 9.31. The molecule has 0 aliphatic rings. The molecule has 82 valence electrons. The first-order valence-corrected chi connectivity index (χ1v) is 5.23. The van der Waals surface area contributed by atoms with Crippen LogP contribution in [0.5, 0.6) is 0 Å². The molecule has 1 aromatic heterocycles. The minimum Gasteiger partial charge on any atom is -0.356 e. The second kappa shape index (κ2) is 4.31. The third-order valence-corrected chi connectivity index (χ3v) is 2.51. The van der Waals surface area contributed by atoms with Crippen molar-refractivity contribution in [3.05, 3.63) is 41.6 Å². The molecule has 16 heavy (non-hydrogen) atoms. The number of aromatic nitrogens is 1. The Hall–Kier alpha value is -1.90. The summed E-state index contributed by atoms with van der Waals surface area (Å²) < 4.78 is 5.06. The van der Waals surface area contributed by atoms with Crippen LogP contribution in [0, 0.1) is 0 Å². The summed E-state index contributed by atoms with van der Waals surface area (Å²) in [4.78, 5) is 10.5. The van der Waals surface area contributed by atoms with E-state index < -0.39 is 0 Å². The van der Waals surface area contributed by atoms with E-state index in [2.05, 4.69) is 31.1 Å². The second-order valence-corrected chi connectivity index (χ2v) is 4.01. The molecule has 3 heteroatoms. The molecule has 0 atom stereocenters. The molecule has 3 nitrogen and oxygen atoms in total. The highest BCUT2D eigenvalue weighted by Gasteiger charge is 2.06. The number of aldehydes is 1. The summed E-state index contributed by atoms with van der Waals surface area (Å²) in [6.07, 6.45) is 0.676. The minimum atomic E-state index is 0.322. The monoisotopic (exact) mass is 215 g/mol. The van der Waals surface area contributed by atoms with Crippen LogP contribution in [-0.4, -0.2) is 11.4 Å². The molecule has 1 aromatic carbocycles. The molecule has 0 N–H and O–H groups in total. The van der Waals surface area contributed by atoms with E-state index in [1.54, 1.807) is 6.07 Å². The van der Waals surface area contributed by atoms with Gasteiger partial charge in [0.25, 0.3) is 0 Å². The van der Waals surface area contributed by atoms with Crippen molar-refractivity contribution in [3.63, 3.8) is 0 Å². The number of carbonyl (C=O) groups excluding carboxylic acids is 1. The van der Waals surface area contributed by atoms with Gasteiger partial charge in [0, 0.05) is 11.6 Å². The maximum Gasteiger partial charge on any atom is 0.171 e. The summed E-state index contributed by atoms with van der Waals surface area (Å²) in [6, 6.07) is 9.71. The average molecular weight is 215 g/mol. The Morgan fingerprint density at radius 3 is 2.44 bits per heavy atom. The van der Waals surface area contributed by atoms with E-state index in [1.165, 1.54) is 5.56 Å². The van der Waals surface area contributed by atoms with E-state index in [1.807, 2.05) is 12.1 Å². The molecule has 0 radical (unpaired) electrons. The van der Waals surface area contributed by atoms with Crippen LogP contribution in [0.2, 0.25) is 0 Å². The number of hydrogen-bond donors (Lipinski definition) is 0. The summed E-state index contributed by atoms with van der Waals surface area (Å²) in [5, 5.41) is 3.63. The van der Waals surface area contributed by atoms with Crippen molar-refractivity contribution in [1.82, 2.24) is 5.16 Å². The maximum absolute atomic E-state index is 10.5. The fraction of sp³-hybridized carbons (Fsp3) is 0.231. The van der Waals surface area contributed by atoms with Gasteiger partial charge in [0.05, 0.1) is 0 Å². The summed E-state index contributed by atoms with van der Waals surface area (Å²) in [5.74, 6) is 1.13. The van der Waals surface area contributed by atoms with Gasteiger partial charge in [-0.3, -0.25) is 4.79 Å². The maximum atomic E-state index is 10.5. The van der Waals surface area contributed by atoms with Gasteiger partial charge in [-0.05, 0) is 11.5 Å². The fourth-order valence-electron chi connectivity index (χ4n) is 1.51. The van der Waals surface area contributed by atoms with Gasteiger partial charge in [0.15, 0.2) is 12.0 Å². The second-order valence-electron chi connectivity index (χ2n) is 4.01. The van der Waals surface area contributed by atoms with Crippen LogP contribution in [0.15, 0.2) is 34.9 Å². The van der Waals surface area contributed by atoms with E-state index in [9.17, 15) is 4.79 Å². The number of carbonyl (C=O) groups is 1. The Balaban J connectivity index is 2.30. The first-order chi connectivity index (χ1) is 7.70. The van der Waals surface area contributed by atoms with Crippen molar-refractivity contribution < 1.29 is 9.32 Å². The van der Waals surface area contributed by atoms with Crippen molar-refractivity contribution in [1.29, 1.82) is 0 Å². The topological polar surface area (TPSA) is 43.1 Å². The molecule has 0 spiro atoms. The predicted molar refractivity (Wildman–Crippen MR) is 61.4 cm³/mol. The largest absolute Gasteiger partial charge is 0.356 e. The highest BCUT2D eigenvalue weighted by atomic mass is 16.5. The van der Waals surface area contributed by atoms with Gasteiger partial charge in [-0.2, -0.15) is 0 Å². The molecule has 0 aliphatic heterocycles. The van der Waals surface area contributed by atoms with E-state index >= 15 is 0 Å². The number of nitrogens with zero attached hydrogens (tertiary/aromatic N) is 1. The van der Waals surface area contributed by atoms with Crippen molar-refractivity contribution in [2.45, 2.75) is 19.8 Å². The standard InChI is InChI=1S/C13H13NO2/c1-9(2)10-3-5-11(6-4-10)13-7-12(8-15)14-16-13/h3-9H,1-2H3. The van der Waals surface area contributed by atoms with Crippen LogP contribution in [0.3, 0.4) is 0 Å². The summed E-state index contributed by atoms with van der Waals surface area (Å²) in [6.45, 7) is 4.29. The van der Waals surface area contributed by atoms with Gasteiger partial charge in [0.1, 0.15) is 5.69 Å². The van der Waals surface area contributed by atoms with Gasteiger partial charge in [-0.25, -0.2) is 0 Å².